The largest absolute Gasteiger partial charge is 0.809 e. The molecule has 0 amide bonds. The van der Waals surface area contributed by atoms with E-state index < -0.39 is 0 Å². The number of aromatic nitrogens is 4. The van der Waals surface area contributed by atoms with Gasteiger partial charge in [-0.15, -0.1) is 0 Å². The fourth-order valence-corrected chi connectivity index (χ4v) is 3.74. The first kappa shape index (κ1) is 30.0. The molecule has 2 aromatic heterocycles. The topological polar surface area (TPSA) is 77.8 Å². The number of allylic oxidation sites excluding steroid dienone is 2. The van der Waals surface area contributed by atoms with Crippen molar-refractivity contribution in [2.24, 2.45) is 17.8 Å². The molecule has 1 aromatic carbocycles. The molecule has 0 spiro atoms. The second-order valence-corrected chi connectivity index (χ2v) is 6.82. The van der Waals surface area contributed by atoms with E-state index in [0.717, 1.165) is 17.8 Å². The van der Waals surface area contributed by atoms with Gasteiger partial charge in [-0.3, -0.25) is 0 Å². The SMILES string of the molecule is C1=CC2CC1CC2CCCc1ccccc1.CC.Cc1nn[c-]o1.[W].[Y].[c-]1nn[c-]o1. The summed E-state index contributed by atoms with van der Waals surface area (Å²) >= 11 is 0. The molecule has 0 saturated heterocycles. The molecule has 0 aliphatic heterocycles. The zero-order valence-corrected chi connectivity index (χ0v) is 24.2. The minimum atomic E-state index is 0. The first-order valence-corrected chi connectivity index (χ1v) is 10.2. The van der Waals surface area contributed by atoms with E-state index in [1.165, 1.54) is 37.7 Å². The summed E-state index contributed by atoms with van der Waals surface area (Å²) in [6.45, 7) is 5.71. The molecule has 165 valence electrons. The van der Waals surface area contributed by atoms with Crippen LogP contribution < -0.4 is 0 Å². The van der Waals surface area contributed by atoms with Crippen LogP contribution in [0.1, 0.15) is 51.0 Å². The van der Waals surface area contributed by atoms with Crippen LogP contribution in [0.5, 0.6) is 0 Å². The molecule has 2 heterocycles. The Morgan fingerprint density at radius 2 is 1.68 bits per heavy atom. The predicted octanol–water partition coefficient (Wildman–Crippen LogP) is 5.09. The van der Waals surface area contributed by atoms with Gasteiger partial charge in [0.05, 0.1) is 12.3 Å². The van der Waals surface area contributed by atoms with E-state index in [4.69, 9.17) is 0 Å². The van der Waals surface area contributed by atoms with Gasteiger partial charge in [0, 0.05) is 53.8 Å². The van der Waals surface area contributed by atoms with Gasteiger partial charge in [0.2, 0.25) is 0 Å². The second-order valence-electron chi connectivity index (χ2n) is 6.82. The molecule has 0 N–H and O–H groups in total. The first-order valence-electron chi connectivity index (χ1n) is 10.2. The standard InChI is InChI=1S/C16H20.C3H3N2O.C2N2O.C2H6.W.Y/c1-2-5-13(6-3-1)7-4-8-15-11-14-9-10-16(15)12-14;1-3-5-4-2-6-3;1-3-4-2-5-1;1-2;;/h1-3,5-6,9-10,14-16H,4,7-8,11-12H2;1H3;;1-2H3;;/q;-1;-2;;;. The normalized spacial score (nSPS) is 19.3. The molecule has 3 unspecified atom stereocenters. The van der Waals surface area contributed by atoms with Crippen LogP contribution in [-0.4, -0.2) is 20.4 Å². The van der Waals surface area contributed by atoms with Crippen LogP contribution in [0.25, 0.3) is 0 Å². The van der Waals surface area contributed by atoms with Crippen LogP contribution >= 0.6 is 0 Å². The van der Waals surface area contributed by atoms with E-state index >= 15 is 0 Å². The molecule has 6 nitrogen and oxygen atoms in total. The van der Waals surface area contributed by atoms with Crippen molar-refractivity contribution < 1.29 is 62.6 Å². The summed E-state index contributed by atoms with van der Waals surface area (Å²) in [5.74, 6) is 3.42. The van der Waals surface area contributed by atoms with Crippen LogP contribution in [0.15, 0.2) is 51.3 Å². The van der Waals surface area contributed by atoms with Crippen LogP contribution in [0, 0.1) is 43.9 Å². The Balaban J connectivity index is 0.000000500. The number of hydrogen-bond acceptors (Lipinski definition) is 6. The predicted molar refractivity (Wildman–Crippen MR) is 109 cm³/mol. The third-order valence-electron chi connectivity index (χ3n) is 4.95. The molecule has 2 bridgehead atoms. The quantitative estimate of drug-likeness (QED) is 0.286. The number of nitrogens with zero attached hydrogens (tertiary/aromatic N) is 4. The van der Waals surface area contributed by atoms with Gasteiger partial charge in [0.25, 0.3) is 0 Å². The average Bonchev–Trinajstić information content (AvgIpc) is 3.57. The Hall–Kier alpha value is -0.968. The van der Waals surface area contributed by atoms with Gasteiger partial charge >= 0.3 is 0 Å². The van der Waals surface area contributed by atoms with E-state index in [9.17, 15) is 0 Å². The van der Waals surface area contributed by atoms with E-state index in [1.54, 1.807) is 6.92 Å². The summed E-state index contributed by atoms with van der Waals surface area (Å²) in [5.41, 5.74) is 1.50. The fraction of sp³-hybridized carbons (Fsp3) is 0.478. The Bertz CT molecular complexity index is 753. The fourth-order valence-electron chi connectivity index (χ4n) is 3.74. The summed E-state index contributed by atoms with van der Waals surface area (Å²) in [6, 6.07) is 10.9. The molecule has 3 aromatic rings. The summed E-state index contributed by atoms with van der Waals surface area (Å²) in [4.78, 5) is 0. The summed E-state index contributed by atoms with van der Waals surface area (Å²) in [7, 11) is 0. The second kappa shape index (κ2) is 18.6. The zero-order chi connectivity index (χ0) is 20.7. The van der Waals surface area contributed by atoms with Crippen molar-refractivity contribution in [3.8, 4) is 0 Å². The van der Waals surface area contributed by atoms with Gasteiger partial charge in [-0.05, 0) is 55.4 Å². The van der Waals surface area contributed by atoms with Crippen molar-refractivity contribution in [3.63, 3.8) is 0 Å². The maximum atomic E-state index is 4.49. The average molecular weight is 666 g/mol. The maximum absolute atomic E-state index is 4.49. The van der Waals surface area contributed by atoms with E-state index in [0.29, 0.717) is 5.89 Å². The van der Waals surface area contributed by atoms with Crippen molar-refractivity contribution in [1.29, 1.82) is 0 Å². The monoisotopic (exact) mass is 666 g/mol. The van der Waals surface area contributed by atoms with Crippen LogP contribution in [-0.2, 0) is 60.2 Å². The Labute approximate surface area is 225 Å². The summed E-state index contributed by atoms with van der Waals surface area (Å²) in [5, 5.41) is 13.0. The molecule has 1 saturated carbocycles. The molecule has 8 heteroatoms. The Morgan fingerprint density at radius 3 is 2.10 bits per heavy atom. The molecule has 3 atom stereocenters. The van der Waals surface area contributed by atoms with Crippen molar-refractivity contribution in [2.75, 3.05) is 0 Å². The summed E-state index contributed by atoms with van der Waals surface area (Å²) < 4.78 is 8.60. The molecular formula is C23H29N4O2WY-3. The molecule has 5 rings (SSSR count). The van der Waals surface area contributed by atoms with Crippen molar-refractivity contribution in [3.05, 3.63) is 73.1 Å². The molecule has 1 fully saturated rings. The van der Waals surface area contributed by atoms with Gasteiger partial charge in [-0.2, -0.15) is 0 Å². The Kier molecular flexibility index (Phi) is 18.0. The van der Waals surface area contributed by atoms with Gasteiger partial charge in [0.1, 0.15) is 0 Å². The van der Waals surface area contributed by atoms with Gasteiger partial charge in [0.15, 0.2) is 0 Å². The van der Waals surface area contributed by atoms with Crippen LogP contribution in [0.4, 0.5) is 0 Å². The molecule has 31 heavy (non-hydrogen) atoms. The third kappa shape index (κ3) is 12.0. The minimum absolute atomic E-state index is 0. The van der Waals surface area contributed by atoms with Gasteiger partial charge < -0.3 is 19.0 Å². The number of hydrogen-bond donors (Lipinski definition) is 0. The van der Waals surface area contributed by atoms with Gasteiger partial charge in [-0.25, -0.2) is 23.0 Å². The third-order valence-corrected chi connectivity index (χ3v) is 4.95. The van der Waals surface area contributed by atoms with E-state index in [2.05, 4.69) is 90.9 Å². The van der Waals surface area contributed by atoms with Crippen molar-refractivity contribution in [2.45, 2.75) is 52.9 Å². The van der Waals surface area contributed by atoms with E-state index in [1.807, 2.05) is 13.8 Å². The van der Waals surface area contributed by atoms with Crippen molar-refractivity contribution >= 4 is 0 Å². The number of rotatable bonds is 4. The first-order chi connectivity index (χ1) is 14.3. The Morgan fingerprint density at radius 1 is 0.968 bits per heavy atom. The van der Waals surface area contributed by atoms with Crippen molar-refractivity contribution in [1.82, 2.24) is 20.4 Å². The summed E-state index contributed by atoms with van der Waals surface area (Å²) in [6.07, 6.45) is 18.2. The molecule has 2 aliphatic carbocycles. The van der Waals surface area contributed by atoms with Crippen LogP contribution in [0.2, 0.25) is 0 Å². The minimum Gasteiger partial charge on any atom is -0.809 e. The number of benzene rings is 1. The molecular weight excluding hydrogens is 637 g/mol. The molecule has 1 radical (unpaired) electrons. The van der Waals surface area contributed by atoms with E-state index in [-0.39, 0.29) is 53.8 Å². The molecule has 2 aliphatic rings. The van der Waals surface area contributed by atoms with Crippen LogP contribution in [0.3, 0.4) is 0 Å². The smallest absolute Gasteiger partial charge is 0.0550 e. The van der Waals surface area contributed by atoms with Gasteiger partial charge in [-0.1, -0.05) is 63.3 Å². The zero-order valence-electron chi connectivity index (χ0n) is 18.4. The maximum Gasteiger partial charge on any atom is 0.0550 e. The number of aryl methyl sites for hydroxylation is 2. The number of fused-ring (bicyclic) bond motifs is 2.